The van der Waals surface area contributed by atoms with Gasteiger partial charge in [0.05, 0.1) is 22.8 Å². The van der Waals surface area contributed by atoms with Gasteiger partial charge in [0.25, 0.3) is 0 Å². The summed E-state index contributed by atoms with van der Waals surface area (Å²) in [4.78, 5) is 2.45. The normalized spacial score (nSPS) is 27.2. The Morgan fingerprint density at radius 3 is 3.00 bits per heavy atom. The molecule has 0 aromatic carbocycles. The minimum atomic E-state index is 0.477. The average molecular weight is 286 g/mol. The van der Waals surface area contributed by atoms with Gasteiger partial charge in [0.15, 0.2) is 0 Å². The predicted molar refractivity (Wildman–Crippen MR) is 64.4 cm³/mol. The molecule has 0 aliphatic carbocycles. The Kier molecular flexibility index (Phi) is 3.00. The lowest BCUT2D eigenvalue weighted by atomic mass is 10.1. The van der Waals surface area contributed by atoms with Crippen LogP contribution in [0.25, 0.3) is 0 Å². The van der Waals surface area contributed by atoms with Crippen molar-refractivity contribution in [3.8, 4) is 0 Å². The molecule has 1 atom stereocenters. The van der Waals surface area contributed by atoms with Crippen LogP contribution in [-0.4, -0.2) is 47.0 Å². The first-order valence-corrected chi connectivity index (χ1v) is 6.64. The molecule has 2 fully saturated rings. The zero-order valence-electron chi connectivity index (χ0n) is 9.18. The fourth-order valence-electron chi connectivity index (χ4n) is 2.45. The lowest BCUT2D eigenvalue weighted by Gasteiger charge is -2.40. The molecule has 2 aliphatic heterocycles. The lowest BCUT2D eigenvalue weighted by Crippen LogP contribution is -2.50. The number of aromatic nitrogens is 2. The van der Waals surface area contributed by atoms with Crippen molar-refractivity contribution in [3.05, 3.63) is 16.9 Å². The van der Waals surface area contributed by atoms with Gasteiger partial charge in [-0.25, -0.2) is 0 Å². The second-order valence-electron chi connectivity index (χ2n) is 4.65. The topological polar surface area (TPSA) is 30.3 Å². The van der Waals surface area contributed by atoms with Crippen molar-refractivity contribution >= 4 is 15.9 Å². The highest BCUT2D eigenvalue weighted by molar-refractivity contribution is 9.10. The number of hydrogen-bond acceptors (Lipinski definition) is 3. The molecule has 88 valence electrons. The molecule has 2 aliphatic rings. The Bertz CT molecular complexity index is 356. The monoisotopic (exact) mass is 285 g/mol. The number of ether oxygens (including phenoxy) is 1. The SMILES string of the molecule is Brc1cnn(C2CN(CC3CCCO3)C2)c1. The van der Waals surface area contributed by atoms with E-state index in [4.69, 9.17) is 4.74 Å². The predicted octanol–water partition coefficient (Wildman–Crippen LogP) is 1.68. The molecule has 0 amide bonds. The second-order valence-corrected chi connectivity index (χ2v) is 5.56. The maximum Gasteiger partial charge on any atom is 0.0773 e. The van der Waals surface area contributed by atoms with E-state index in [1.54, 1.807) is 0 Å². The maximum atomic E-state index is 5.63. The largest absolute Gasteiger partial charge is 0.377 e. The molecule has 0 bridgehead atoms. The molecule has 3 rings (SSSR count). The minimum Gasteiger partial charge on any atom is -0.377 e. The van der Waals surface area contributed by atoms with Crippen LogP contribution < -0.4 is 0 Å². The molecule has 1 aromatic rings. The van der Waals surface area contributed by atoms with E-state index in [0.29, 0.717) is 12.1 Å². The highest BCUT2D eigenvalue weighted by Gasteiger charge is 2.31. The molecule has 0 saturated carbocycles. The van der Waals surface area contributed by atoms with Crippen molar-refractivity contribution in [1.29, 1.82) is 0 Å². The van der Waals surface area contributed by atoms with Gasteiger partial charge in [0.1, 0.15) is 0 Å². The van der Waals surface area contributed by atoms with Crippen LogP contribution in [0.5, 0.6) is 0 Å². The highest BCUT2D eigenvalue weighted by Crippen LogP contribution is 2.24. The first kappa shape index (κ1) is 10.7. The Morgan fingerprint density at radius 2 is 2.38 bits per heavy atom. The fourth-order valence-corrected chi connectivity index (χ4v) is 2.75. The Balaban J connectivity index is 1.47. The van der Waals surface area contributed by atoms with Crippen molar-refractivity contribution in [2.45, 2.75) is 25.0 Å². The van der Waals surface area contributed by atoms with Crippen LogP contribution >= 0.6 is 15.9 Å². The van der Waals surface area contributed by atoms with Crippen LogP contribution in [0.3, 0.4) is 0 Å². The van der Waals surface area contributed by atoms with E-state index in [1.165, 1.54) is 12.8 Å². The molecule has 3 heterocycles. The molecule has 1 unspecified atom stereocenters. The standard InChI is InChI=1S/C11H16BrN3O/c12-9-4-13-15(5-9)10-6-14(7-10)8-11-2-1-3-16-11/h4-5,10-11H,1-3,6-8H2. The van der Waals surface area contributed by atoms with Gasteiger partial charge >= 0.3 is 0 Å². The number of rotatable bonds is 3. The Morgan fingerprint density at radius 1 is 1.50 bits per heavy atom. The van der Waals surface area contributed by atoms with Crippen LogP contribution in [0.2, 0.25) is 0 Å². The third-order valence-electron chi connectivity index (χ3n) is 3.37. The van der Waals surface area contributed by atoms with Crippen molar-refractivity contribution in [2.75, 3.05) is 26.2 Å². The van der Waals surface area contributed by atoms with Gasteiger partial charge in [-0.1, -0.05) is 0 Å². The first-order chi connectivity index (χ1) is 7.81. The third-order valence-corrected chi connectivity index (χ3v) is 3.78. The van der Waals surface area contributed by atoms with Crippen LogP contribution in [0, 0.1) is 0 Å². The molecular formula is C11H16BrN3O. The summed E-state index contributed by atoms with van der Waals surface area (Å²) in [5.41, 5.74) is 0. The van der Waals surface area contributed by atoms with E-state index < -0.39 is 0 Å². The van der Waals surface area contributed by atoms with Gasteiger partial charge in [-0.15, -0.1) is 0 Å². The van der Waals surface area contributed by atoms with E-state index in [0.717, 1.165) is 30.7 Å². The van der Waals surface area contributed by atoms with Crippen molar-refractivity contribution in [1.82, 2.24) is 14.7 Å². The molecule has 4 nitrogen and oxygen atoms in total. The van der Waals surface area contributed by atoms with Crippen LogP contribution in [-0.2, 0) is 4.74 Å². The summed E-state index contributed by atoms with van der Waals surface area (Å²) in [5, 5.41) is 4.32. The van der Waals surface area contributed by atoms with Crippen molar-refractivity contribution in [2.24, 2.45) is 0 Å². The zero-order valence-corrected chi connectivity index (χ0v) is 10.8. The molecular weight excluding hydrogens is 270 g/mol. The Hall–Kier alpha value is -0.390. The van der Waals surface area contributed by atoms with E-state index in [9.17, 15) is 0 Å². The van der Waals surface area contributed by atoms with Gasteiger partial charge in [-0.05, 0) is 28.8 Å². The summed E-state index contributed by atoms with van der Waals surface area (Å²) in [7, 11) is 0. The van der Waals surface area contributed by atoms with E-state index >= 15 is 0 Å². The summed E-state index contributed by atoms with van der Waals surface area (Å²) in [6.45, 7) is 4.26. The number of halogens is 1. The summed E-state index contributed by atoms with van der Waals surface area (Å²) in [5.74, 6) is 0. The van der Waals surface area contributed by atoms with E-state index in [1.807, 2.05) is 12.4 Å². The summed E-state index contributed by atoms with van der Waals surface area (Å²) < 4.78 is 8.74. The average Bonchev–Trinajstić information content (AvgIpc) is 2.82. The van der Waals surface area contributed by atoms with Crippen LogP contribution in [0.1, 0.15) is 18.9 Å². The van der Waals surface area contributed by atoms with Crippen molar-refractivity contribution in [3.63, 3.8) is 0 Å². The molecule has 2 saturated heterocycles. The summed E-state index contributed by atoms with van der Waals surface area (Å²) in [6, 6.07) is 0.549. The maximum absolute atomic E-state index is 5.63. The summed E-state index contributed by atoms with van der Waals surface area (Å²) >= 11 is 3.42. The smallest absolute Gasteiger partial charge is 0.0773 e. The Labute approximate surface area is 104 Å². The van der Waals surface area contributed by atoms with Gasteiger partial charge in [0.2, 0.25) is 0 Å². The van der Waals surface area contributed by atoms with Crippen molar-refractivity contribution < 1.29 is 4.74 Å². The zero-order chi connectivity index (χ0) is 11.0. The fraction of sp³-hybridized carbons (Fsp3) is 0.727. The van der Waals surface area contributed by atoms with Gasteiger partial charge in [-0.3, -0.25) is 9.58 Å². The molecule has 5 heteroatoms. The molecule has 16 heavy (non-hydrogen) atoms. The first-order valence-electron chi connectivity index (χ1n) is 5.85. The quantitative estimate of drug-likeness (QED) is 0.847. The van der Waals surface area contributed by atoms with Crippen LogP contribution in [0.15, 0.2) is 16.9 Å². The van der Waals surface area contributed by atoms with Crippen LogP contribution in [0.4, 0.5) is 0 Å². The third kappa shape index (κ3) is 2.17. The second kappa shape index (κ2) is 4.47. The van der Waals surface area contributed by atoms with Gasteiger partial charge < -0.3 is 4.74 Å². The summed E-state index contributed by atoms with van der Waals surface area (Å²) in [6.07, 6.45) is 6.84. The molecule has 1 aromatic heterocycles. The molecule has 0 spiro atoms. The van der Waals surface area contributed by atoms with Gasteiger partial charge in [-0.2, -0.15) is 5.10 Å². The van der Waals surface area contributed by atoms with E-state index in [2.05, 4.69) is 30.6 Å². The van der Waals surface area contributed by atoms with Gasteiger partial charge in [0, 0.05) is 32.4 Å². The minimum absolute atomic E-state index is 0.477. The highest BCUT2D eigenvalue weighted by atomic mass is 79.9. The number of likely N-dealkylation sites (tertiary alicyclic amines) is 1. The van der Waals surface area contributed by atoms with E-state index in [-0.39, 0.29) is 0 Å². The number of nitrogens with zero attached hydrogens (tertiary/aromatic N) is 3. The number of hydrogen-bond donors (Lipinski definition) is 0. The molecule has 0 radical (unpaired) electrons. The lowest BCUT2D eigenvalue weighted by molar-refractivity contribution is 0.0246. The molecule has 0 N–H and O–H groups in total.